The first kappa shape index (κ1) is 13.1. The number of hydrogen-bond acceptors (Lipinski definition) is 5. The molecule has 1 saturated heterocycles. The minimum Gasteiger partial charge on any atom is -0.488 e. The van der Waals surface area contributed by atoms with Gasteiger partial charge >= 0.3 is 0 Å². The van der Waals surface area contributed by atoms with Gasteiger partial charge in [0.05, 0.1) is 5.52 Å². The summed E-state index contributed by atoms with van der Waals surface area (Å²) in [4.78, 5) is 10.9. The molecule has 3 rings (SSSR count). The topological polar surface area (TPSA) is 64.3 Å². The lowest BCUT2D eigenvalue weighted by Crippen LogP contribution is -2.56. The Balaban J connectivity index is 1.96. The highest BCUT2D eigenvalue weighted by atomic mass is 16.5. The van der Waals surface area contributed by atoms with Crippen LogP contribution < -0.4 is 15.4 Å². The van der Waals surface area contributed by atoms with Crippen molar-refractivity contribution in [3.63, 3.8) is 0 Å². The van der Waals surface area contributed by atoms with Gasteiger partial charge < -0.3 is 15.4 Å². The summed E-state index contributed by atoms with van der Waals surface area (Å²) in [5.41, 5.74) is 6.52. The van der Waals surface area contributed by atoms with E-state index in [-0.39, 0.29) is 11.6 Å². The van der Waals surface area contributed by atoms with Crippen LogP contribution in [0.3, 0.4) is 0 Å². The second-order valence-electron chi connectivity index (χ2n) is 6.26. The van der Waals surface area contributed by atoms with Gasteiger partial charge in [0.1, 0.15) is 23.5 Å². The van der Waals surface area contributed by atoms with Gasteiger partial charge in [-0.05, 0) is 32.9 Å². The largest absolute Gasteiger partial charge is 0.488 e. The molecule has 106 valence electrons. The molecule has 2 heterocycles. The molecule has 0 aliphatic carbocycles. The van der Waals surface area contributed by atoms with Crippen LogP contribution in [0.25, 0.3) is 10.9 Å². The van der Waals surface area contributed by atoms with E-state index in [9.17, 15) is 0 Å². The van der Waals surface area contributed by atoms with Crippen molar-refractivity contribution in [3.8, 4) is 5.75 Å². The fourth-order valence-corrected chi connectivity index (χ4v) is 2.38. The van der Waals surface area contributed by atoms with Crippen LogP contribution >= 0.6 is 0 Å². The Morgan fingerprint density at radius 1 is 1.25 bits per heavy atom. The third-order valence-electron chi connectivity index (χ3n) is 3.22. The summed E-state index contributed by atoms with van der Waals surface area (Å²) in [6.07, 6.45) is 1.60. The number of nitrogens with two attached hydrogens (primary N) is 1. The first-order chi connectivity index (χ1) is 9.42. The first-order valence-electron chi connectivity index (χ1n) is 6.87. The lowest BCUT2D eigenvalue weighted by Gasteiger charge is -2.38. The van der Waals surface area contributed by atoms with E-state index in [0.717, 1.165) is 35.6 Å². The Labute approximate surface area is 118 Å². The number of anilines is 1. The SMILES string of the molecule is CC(C)(C)Oc1ccc2c(N3CC(N)C3)ncnc2c1. The van der Waals surface area contributed by atoms with Crippen molar-refractivity contribution in [2.45, 2.75) is 32.4 Å². The third-order valence-corrected chi connectivity index (χ3v) is 3.22. The molecule has 1 aromatic carbocycles. The Morgan fingerprint density at radius 3 is 2.65 bits per heavy atom. The maximum atomic E-state index is 5.87. The lowest BCUT2D eigenvalue weighted by atomic mass is 10.1. The minimum atomic E-state index is -0.215. The lowest BCUT2D eigenvalue weighted by molar-refractivity contribution is 0.131. The molecular formula is C15H20N4O. The number of aromatic nitrogens is 2. The van der Waals surface area contributed by atoms with Gasteiger partial charge in [-0.25, -0.2) is 9.97 Å². The van der Waals surface area contributed by atoms with E-state index in [4.69, 9.17) is 10.5 Å². The molecule has 2 aromatic rings. The molecule has 0 radical (unpaired) electrons. The van der Waals surface area contributed by atoms with Gasteiger partial charge in [-0.1, -0.05) is 0 Å². The molecule has 0 bridgehead atoms. The van der Waals surface area contributed by atoms with Crippen LogP contribution in [0, 0.1) is 0 Å². The normalized spacial score (nSPS) is 16.3. The molecule has 1 aliphatic heterocycles. The summed E-state index contributed by atoms with van der Waals surface area (Å²) in [5.74, 6) is 1.79. The van der Waals surface area contributed by atoms with Crippen molar-refractivity contribution >= 4 is 16.7 Å². The Kier molecular flexibility index (Phi) is 3.01. The predicted molar refractivity (Wildman–Crippen MR) is 80.1 cm³/mol. The highest BCUT2D eigenvalue weighted by Crippen LogP contribution is 2.29. The number of rotatable bonds is 2. The van der Waals surface area contributed by atoms with E-state index < -0.39 is 0 Å². The third kappa shape index (κ3) is 2.54. The second kappa shape index (κ2) is 4.59. The highest BCUT2D eigenvalue weighted by molar-refractivity contribution is 5.90. The van der Waals surface area contributed by atoms with Crippen molar-refractivity contribution in [1.29, 1.82) is 0 Å². The fraction of sp³-hybridized carbons (Fsp3) is 0.467. The Bertz CT molecular complexity index is 629. The molecule has 5 heteroatoms. The molecular weight excluding hydrogens is 252 g/mol. The monoisotopic (exact) mass is 272 g/mol. The molecule has 0 amide bonds. The van der Waals surface area contributed by atoms with Crippen LogP contribution in [0.15, 0.2) is 24.5 Å². The average molecular weight is 272 g/mol. The zero-order valence-corrected chi connectivity index (χ0v) is 12.1. The Morgan fingerprint density at radius 2 is 2.00 bits per heavy atom. The van der Waals surface area contributed by atoms with Gasteiger partial charge in [-0.15, -0.1) is 0 Å². The van der Waals surface area contributed by atoms with Crippen LogP contribution in [0.4, 0.5) is 5.82 Å². The first-order valence-corrected chi connectivity index (χ1v) is 6.87. The maximum Gasteiger partial charge on any atom is 0.139 e. The summed E-state index contributed by atoms with van der Waals surface area (Å²) in [6.45, 7) is 7.80. The fourth-order valence-electron chi connectivity index (χ4n) is 2.38. The summed E-state index contributed by atoms with van der Waals surface area (Å²) in [6, 6.07) is 6.21. The van der Waals surface area contributed by atoms with Crippen LogP contribution in [-0.4, -0.2) is 34.7 Å². The smallest absolute Gasteiger partial charge is 0.139 e. The molecule has 1 aliphatic rings. The molecule has 0 spiro atoms. The van der Waals surface area contributed by atoms with Gasteiger partial charge in [-0.2, -0.15) is 0 Å². The number of ether oxygens (including phenoxy) is 1. The van der Waals surface area contributed by atoms with Crippen molar-refractivity contribution in [2.75, 3.05) is 18.0 Å². The number of nitrogens with zero attached hydrogens (tertiary/aromatic N) is 3. The van der Waals surface area contributed by atoms with Crippen LogP contribution in [0.1, 0.15) is 20.8 Å². The molecule has 0 unspecified atom stereocenters. The summed E-state index contributed by atoms with van der Waals surface area (Å²) in [7, 11) is 0. The van der Waals surface area contributed by atoms with Crippen LogP contribution in [0.5, 0.6) is 5.75 Å². The van der Waals surface area contributed by atoms with E-state index >= 15 is 0 Å². The quantitative estimate of drug-likeness (QED) is 0.905. The van der Waals surface area contributed by atoms with Gasteiger partial charge in [0, 0.05) is 30.6 Å². The van der Waals surface area contributed by atoms with Crippen molar-refractivity contribution in [2.24, 2.45) is 5.73 Å². The molecule has 2 N–H and O–H groups in total. The molecule has 5 nitrogen and oxygen atoms in total. The maximum absolute atomic E-state index is 5.87. The molecule has 1 aromatic heterocycles. The van der Waals surface area contributed by atoms with E-state index in [1.165, 1.54) is 0 Å². The van der Waals surface area contributed by atoms with Gasteiger partial charge in [0.25, 0.3) is 0 Å². The predicted octanol–water partition coefficient (Wildman–Crippen LogP) is 1.95. The van der Waals surface area contributed by atoms with Crippen LogP contribution in [-0.2, 0) is 0 Å². The standard InChI is InChI=1S/C15H20N4O/c1-15(2,3)20-11-4-5-12-13(6-11)17-9-18-14(12)19-7-10(16)8-19/h4-6,9-10H,7-8,16H2,1-3H3. The molecule has 0 saturated carbocycles. The van der Waals surface area contributed by atoms with Gasteiger partial charge in [0.15, 0.2) is 0 Å². The number of benzene rings is 1. The highest BCUT2D eigenvalue weighted by Gasteiger charge is 2.25. The van der Waals surface area contributed by atoms with Gasteiger partial charge in [0.2, 0.25) is 0 Å². The van der Waals surface area contributed by atoms with Crippen molar-refractivity contribution in [1.82, 2.24) is 9.97 Å². The summed E-state index contributed by atoms with van der Waals surface area (Å²) < 4.78 is 5.87. The molecule has 20 heavy (non-hydrogen) atoms. The van der Waals surface area contributed by atoms with E-state index in [1.807, 2.05) is 39.0 Å². The zero-order valence-electron chi connectivity index (χ0n) is 12.1. The van der Waals surface area contributed by atoms with E-state index in [2.05, 4.69) is 14.9 Å². The van der Waals surface area contributed by atoms with E-state index in [1.54, 1.807) is 6.33 Å². The van der Waals surface area contributed by atoms with Crippen LogP contribution in [0.2, 0.25) is 0 Å². The minimum absolute atomic E-state index is 0.215. The number of fused-ring (bicyclic) bond motifs is 1. The van der Waals surface area contributed by atoms with E-state index in [0.29, 0.717) is 0 Å². The van der Waals surface area contributed by atoms with Gasteiger partial charge in [-0.3, -0.25) is 0 Å². The zero-order chi connectivity index (χ0) is 14.3. The summed E-state index contributed by atoms with van der Waals surface area (Å²) in [5, 5.41) is 1.04. The van der Waals surface area contributed by atoms with Crippen molar-refractivity contribution in [3.05, 3.63) is 24.5 Å². The summed E-state index contributed by atoms with van der Waals surface area (Å²) >= 11 is 0. The molecule has 0 atom stereocenters. The Hall–Kier alpha value is -1.88. The second-order valence-corrected chi connectivity index (χ2v) is 6.26. The van der Waals surface area contributed by atoms with Crippen molar-refractivity contribution < 1.29 is 4.74 Å². The molecule has 1 fully saturated rings. The number of hydrogen-bond donors (Lipinski definition) is 1. The average Bonchev–Trinajstić information content (AvgIpc) is 2.32.